The van der Waals surface area contributed by atoms with Gasteiger partial charge in [-0.1, -0.05) is 6.92 Å². The van der Waals surface area contributed by atoms with E-state index in [2.05, 4.69) is 19.1 Å². The largest absolute Gasteiger partial charge is 0.497 e. The van der Waals surface area contributed by atoms with Crippen molar-refractivity contribution in [3.63, 3.8) is 0 Å². The smallest absolute Gasteiger partial charge is 0.122 e. The maximum Gasteiger partial charge on any atom is 0.122 e. The number of hydrogen-bond acceptors (Lipinski definition) is 4. The summed E-state index contributed by atoms with van der Waals surface area (Å²) < 4.78 is 16.1. The van der Waals surface area contributed by atoms with Crippen LogP contribution in [0.3, 0.4) is 0 Å². The topological polar surface area (TPSA) is 53.7 Å². The van der Waals surface area contributed by atoms with Gasteiger partial charge in [0.05, 0.1) is 27.4 Å². The number of hydrogen-bond donors (Lipinski definition) is 1. The fourth-order valence-corrected chi connectivity index (χ4v) is 2.38. The standard InChI is InChI=1S/C14H21NO3/c1-10(7-15)14(8-18-9-14)11-4-12(16-2)6-13(5-11)17-3/h4-6,10H,7-9,15H2,1-3H3. The van der Waals surface area contributed by atoms with Gasteiger partial charge in [0.1, 0.15) is 11.5 Å². The molecule has 1 fully saturated rings. The molecule has 0 saturated carbocycles. The van der Waals surface area contributed by atoms with E-state index < -0.39 is 0 Å². The van der Waals surface area contributed by atoms with Crippen molar-refractivity contribution in [3.05, 3.63) is 23.8 Å². The quantitative estimate of drug-likeness (QED) is 0.863. The third kappa shape index (κ3) is 2.06. The van der Waals surface area contributed by atoms with E-state index in [1.807, 2.05) is 6.07 Å². The Morgan fingerprint density at radius 1 is 1.22 bits per heavy atom. The molecule has 1 aliphatic rings. The van der Waals surface area contributed by atoms with E-state index in [4.69, 9.17) is 19.9 Å². The van der Waals surface area contributed by atoms with Crippen molar-refractivity contribution < 1.29 is 14.2 Å². The summed E-state index contributed by atoms with van der Waals surface area (Å²) in [4.78, 5) is 0. The van der Waals surface area contributed by atoms with Crippen molar-refractivity contribution in [2.45, 2.75) is 12.3 Å². The molecule has 0 amide bonds. The van der Waals surface area contributed by atoms with E-state index in [-0.39, 0.29) is 5.41 Å². The number of nitrogens with two attached hydrogens (primary N) is 1. The summed E-state index contributed by atoms with van der Waals surface area (Å²) in [6.45, 7) is 4.22. The Balaban J connectivity index is 2.41. The molecule has 0 bridgehead atoms. The van der Waals surface area contributed by atoms with Gasteiger partial charge in [0.15, 0.2) is 0 Å². The molecule has 0 spiro atoms. The molecule has 18 heavy (non-hydrogen) atoms. The van der Waals surface area contributed by atoms with E-state index in [9.17, 15) is 0 Å². The van der Waals surface area contributed by atoms with Gasteiger partial charge in [-0.05, 0) is 30.2 Å². The highest BCUT2D eigenvalue weighted by atomic mass is 16.5. The third-order valence-corrected chi connectivity index (χ3v) is 3.94. The Kier molecular flexibility index (Phi) is 3.78. The zero-order chi connectivity index (χ0) is 13.2. The SMILES string of the molecule is COc1cc(OC)cc(C2(C(C)CN)COC2)c1. The normalized spacial score (nSPS) is 18.9. The van der Waals surface area contributed by atoms with Crippen LogP contribution in [0.4, 0.5) is 0 Å². The molecule has 2 N–H and O–H groups in total. The highest BCUT2D eigenvalue weighted by Crippen LogP contribution is 2.41. The van der Waals surface area contributed by atoms with Crippen LogP contribution in [-0.4, -0.2) is 34.0 Å². The van der Waals surface area contributed by atoms with Crippen LogP contribution in [0, 0.1) is 5.92 Å². The van der Waals surface area contributed by atoms with E-state index in [1.165, 1.54) is 5.56 Å². The van der Waals surface area contributed by atoms with Gasteiger partial charge in [-0.25, -0.2) is 0 Å². The van der Waals surface area contributed by atoms with Crippen LogP contribution in [0.5, 0.6) is 11.5 Å². The van der Waals surface area contributed by atoms with Crippen molar-refractivity contribution in [2.24, 2.45) is 11.7 Å². The summed E-state index contributed by atoms with van der Waals surface area (Å²) in [5, 5.41) is 0. The lowest BCUT2D eigenvalue weighted by Gasteiger charge is -2.46. The van der Waals surface area contributed by atoms with Crippen LogP contribution < -0.4 is 15.2 Å². The number of methoxy groups -OCH3 is 2. The molecule has 1 atom stereocenters. The Morgan fingerprint density at radius 3 is 2.11 bits per heavy atom. The Bertz CT molecular complexity index is 393. The highest BCUT2D eigenvalue weighted by Gasteiger charge is 2.44. The maximum atomic E-state index is 5.83. The minimum absolute atomic E-state index is 0.00340. The van der Waals surface area contributed by atoms with Gasteiger partial charge in [-0.2, -0.15) is 0 Å². The van der Waals surface area contributed by atoms with E-state index in [0.717, 1.165) is 11.5 Å². The van der Waals surface area contributed by atoms with Gasteiger partial charge >= 0.3 is 0 Å². The van der Waals surface area contributed by atoms with Crippen LogP contribution in [0.15, 0.2) is 18.2 Å². The van der Waals surface area contributed by atoms with Crippen LogP contribution in [0.25, 0.3) is 0 Å². The lowest BCUT2D eigenvalue weighted by atomic mass is 9.69. The first kappa shape index (κ1) is 13.2. The van der Waals surface area contributed by atoms with E-state index in [1.54, 1.807) is 14.2 Å². The zero-order valence-electron chi connectivity index (χ0n) is 11.2. The molecule has 4 heteroatoms. The molecular formula is C14H21NO3. The van der Waals surface area contributed by atoms with Gasteiger partial charge in [0.25, 0.3) is 0 Å². The average molecular weight is 251 g/mol. The van der Waals surface area contributed by atoms with Crippen LogP contribution in [0.1, 0.15) is 12.5 Å². The molecule has 1 heterocycles. The van der Waals surface area contributed by atoms with Crippen LogP contribution >= 0.6 is 0 Å². The van der Waals surface area contributed by atoms with Crippen LogP contribution in [-0.2, 0) is 10.2 Å². The lowest BCUT2D eigenvalue weighted by molar-refractivity contribution is -0.0855. The Labute approximate surface area is 108 Å². The molecule has 1 aromatic rings. The molecule has 0 aromatic heterocycles. The zero-order valence-corrected chi connectivity index (χ0v) is 11.2. The molecular weight excluding hydrogens is 230 g/mol. The molecule has 0 radical (unpaired) electrons. The molecule has 100 valence electrons. The second-order valence-electron chi connectivity index (χ2n) is 4.89. The van der Waals surface area contributed by atoms with Crippen molar-refractivity contribution in [3.8, 4) is 11.5 Å². The second kappa shape index (κ2) is 5.16. The first-order chi connectivity index (χ1) is 8.66. The summed E-state index contributed by atoms with van der Waals surface area (Å²) in [6.07, 6.45) is 0. The average Bonchev–Trinajstić information content (AvgIpc) is 2.36. The third-order valence-electron chi connectivity index (χ3n) is 3.94. The second-order valence-corrected chi connectivity index (χ2v) is 4.89. The molecule has 2 rings (SSSR count). The van der Waals surface area contributed by atoms with Gasteiger partial charge in [-0.15, -0.1) is 0 Å². The predicted molar refractivity (Wildman–Crippen MR) is 70.3 cm³/mol. The Hall–Kier alpha value is -1.26. The van der Waals surface area contributed by atoms with Gasteiger partial charge in [0, 0.05) is 11.5 Å². The highest BCUT2D eigenvalue weighted by molar-refractivity contribution is 5.43. The first-order valence-corrected chi connectivity index (χ1v) is 6.17. The summed E-state index contributed by atoms with van der Waals surface area (Å²) in [5.41, 5.74) is 7.01. The monoisotopic (exact) mass is 251 g/mol. The van der Waals surface area contributed by atoms with Crippen molar-refractivity contribution in [1.82, 2.24) is 0 Å². The predicted octanol–water partition coefficient (Wildman–Crippen LogP) is 1.57. The summed E-state index contributed by atoms with van der Waals surface area (Å²) >= 11 is 0. The van der Waals surface area contributed by atoms with Crippen molar-refractivity contribution in [2.75, 3.05) is 34.0 Å². The number of benzene rings is 1. The molecule has 1 saturated heterocycles. The van der Waals surface area contributed by atoms with E-state index in [0.29, 0.717) is 25.7 Å². The first-order valence-electron chi connectivity index (χ1n) is 6.17. The molecule has 0 aliphatic carbocycles. The fourth-order valence-electron chi connectivity index (χ4n) is 2.38. The fraction of sp³-hybridized carbons (Fsp3) is 0.571. The summed E-state index contributed by atoms with van der Waals surface area (Å²) in [6, 6.07) is 5.98. The van der Waals surface area contributed by atoms with Crippen molar-refractivity contribution >= 4 is 0 Å². The van der Waals surface area contributed by atoms with Crippen molar-refractivity contribution in [1.29, 1.82) is 0 Å². The molecule has 4 nitrogen and oxygen atoms in total. The van der Waals surface area contributed by atoms with Gasteiger partial charge < -0.3 is 19.9 Å². The van der Waals surface area contributed by atoms with Gasteiger partial charge in [-0.3, -0.25) is 0 Å². The number of rotatable bonds is 5. The summed E-state index contributed by atoms with van der Waals surface area (Å²) in [7, 11) is 3.32. The number of ether oxygens (including phenoxy) is 3. The minimum Gasteiger partial charge on any atom is -0.497 e. The minimum atomic E-state index is -0.00340. The lowest BCUT2D eigenvalue weighted by Crippen LogP contribution is -2.53. The maximum absolute atomic E-state index is 5.83. The van der Waals surface area contributed by atoms with Gasteiger partial charge in [0.2, 0.25) is 0 Å². The molecule has 1 aliphatic heterocycles. The molecule has 1 aromatic carbocycles. The van der Waals surface area contributed by atoms with E-state index >= 15 is 0 Å². The Morgan fingerprint density at radius 2 is 1.78 bits per heavy atom. The van der Waals surface area contributed by atoms with Crippen LogP contribution in [0.2, 0.25) is 0 Å². The molecule has 1 unspecified atom stereocenters. The summed E-state index contributed by atoms with van der Waals surface area (Å²) in [5.74, 6) is 1.97.